The largest absolute Gasteiger partial charge is 0.339 e. The number of carbonyl (C=O) groups excluding carboxylic acids is 1. The zero-order valence-electron chi connectivity index (χ0n) is 16.9. The van der Waals surface area contributed by atoms with Crippen molar-refractivity contribution in [2.75, 3.05) is 13.1 Å². The van der Waals surface area contributed by atoms with Crippen LogP contribution in [0.5, 0.6) is 0 Å². The van der Waals surface area contributed by atoms with Gasteiger partial charge in [0.25, 0.3) is 5.91 Å². The summed E-state index contributed by atoms with van der Waals surface area (Å²) < 4.78 is 5.80. The first-order chi connectivity index (χ1) is 14.7. The topological polar surface area (TPSA) is 87.9 Å². The second-order valence-electron chi connectivity index (χ2n) is 8.99. The van der Waals surface area contributed by atoms with Gasteiger partial charge in [-0.3, -0.25) is 9.89 Å². The maximum Gasteiger partial charge on any atom is 0.274 e. The van der Waals surface area contributed by atoms with Crippen LogP contribution in [0.4, 0.5) is 0 Å². The van der Waals surface area contributed by atoms with Gasteiger partial charge in [-0.05, 0) is 43.6 Å². The molecule has 3 heterocycles. The average molecular weight is 403 g/mol. The highest BCUT2D eigenvalue weighted by Crippen LogP contribution is 2.50. The van der Waals surface area contributed by atoms with Crippen LogP contribution in [0.15, 0.2) is 34.9 Å². The molecular weight excluding hydrogens is 378 g/mol. The van der Waals surface area contributed by atoms with E-state index in [-0.39, 0.29) is 11.3 Å². The van der Waals surface area contributed by atoms with Crippen LogP contribution < -0.4 is 0 Å². The van der Waals surface area contributed by atoms with Crippen molar-refractivity contribution in [1.82, 2.24) is 25.2 Å². The van der Waals surface area contributed by atoms with Crippen molar-refractivity contribution in [3.05, 3.63) is 64.6 Å². The van der Waals surface area contributed by atoms with E-state index in [1.54, 1.807) is 0 Å². The Morgan fingerprint density at radius 1 is 1.23 bits per heavy atom. The van der Waals surface area contributed by atoms with Crippen molar-refractivity contribution < 1.29 is 9.32 Å². The predicted molar refractivity (Wildman–Crippen MR) is 109 cm³/mol. The molecule has 7 heteroatoms. The van der Waals surface area contributed by atoms with Crippen molar-refractivity contribution in [3.63, 3.8) is 0 Å². The van der Waals surface area contributed by atoms with Crippen LogP contribution in [-0.4, -0.2) is 44.2 Å². The molecule has 0 spiro atoms. The highest BCUT2D eigenvalue weighted by atomic mass is 16.5. The van der Waals surface area contributed by atoms with Crippen molar-refractivity contribution in [2.45, 2.75) is 50.4 Å². The Labute approximate surface area is 174 Å². The Morgan fingerprint density at radius 3 is 3.03 bits per heavy atom. The molecule has 2 fully saturated rings. The number of nitrogens with one attached hydrogen (secondary N) is 1. The number of hydrogen-bond acceptors (Lipinski definition) is 5. The maximum absolute atomic E-state index is 13.3. The summed E-state index contributed by atoms with van der Waals surface area (Å²) >= 11 is 0. The van der Waals surface area contributed by atoms with Crippen LogP contribution in [0, 0.1) is 5.92 Å². The SMILES string of the molecule is O=C(c1n[nH]c2c1CCC2)N1C[C@H]2CCC[C@@]2(c2nc(Cc3ccccc3)no2)C1. The van der Waals surface area contributed by atoms with Crippen LogP contribution >= 0.6 is 0 Å². The van der Waals surface area contributed by atoms with Crippen LogP contribution in [0.3, 0.4) is 0 Å². The molecule has 1 N–H and O–H groups in total. The molecule has 0 unspecified atom stereocenters. The molecule has 6 rings (SSSR count). The van der Waals surface area contributed by atoms with E-state index in [0.29, 0.717) is 36.3 Å². The fraction of sp³-hybridized carbons (Fsp3) is 0.478. The molecule has 0 bridgehead atoms. The Balaban J connectivity index is 1.25. The molecule has 3 aliphatic rings. The summed E-state index contributed by atoms with van der Waals surface area (Å²) in [4.78, 5) is 20.1. The van der Waals surface area contributed by atoms with E-state index in [0.717, 1.165) is 56.3 Å². The fourth-order valence-electron chi connectivity index (χ4n) is 5.75. The number of fused-ring (bicyclic) bond motifs is 2. The van der Waals surface area contributed by atoms with E-state index in [9.17, 15) is 4.79 Å². The summed E-state index contributed by atoms with van der Waals surface area (Å²) in [5.41, 5.74) is 3.83. The third-order valence-corrected chi connectivity index (χ3v) is 7.27. The summed E-state index contributed by atoms with van der Waals surface area (Å²) in [6.07, 6.45) is 6.93. The van der Waals surface area contributed by atoms with E-state index in [2.05, 4.69) is 27.5 Å². The first-order valence-electron chi connectivity index (χ1n) is 11.0. The highest BCUT2D eigenvalue weighted by Gasteiger charge is 2.55. The monoisotopic (exact) mass is 403 g/mol. The normalized spacial score (nSPS) is 24.9. The molecule has 1 saturated heterocycles. The third kappa shape index (κ3) is 2.71. The third-order valence-electron chi connectivity index (χ3n) is 7.27. The standard InChI is InChI=1S/C23H25N5O2/c29-21(20-17-9-4-10-18(17)25-26-20)28-13-16-8-5-11-23(16,14-28)22-24-19(27-30-22)12-15-6-2-1-3-7-15/h1-3,6-7,16H,4-5,8-14H2,(H,25,26)/t16-,23-/m1/s1. The number of aromatic nitrogens is 4. The van der Waals surface area contributed by atoms with Crippen LogP contribution in [0.25, 0.3) is 0 Å². The molecule has 1 saturated carbocycles. The quantitative estimate of drug-likeness (QED) is 0.723. The Bertz CT molecular complexity index is 1090. The molecule has 1 amide bonds. The van der Waals surface area contributed by atoms with Crippen LogP contribution in [0.2, 0.25) is 0 Å². The highest BCUT2D eigenvalue weighted by molar-refractivity contribution is 5.94. The van der Waals surface area contributed by atoms with Gasteiger partial charge >= 0.3 is 0 Å². The van der Waals surface area contributed by atoms with Gasteiger partial charge < -0.3 is 9.42 Å². The summed E-state index contributed by atoms with van der Waals surface area (Å²) in [5.74, 6) is 1.84. The molecular formula is C23H25N5O2. The van der Waals surface area contributed by atoms with E-state index < -0.39 is 0 Å². The number of hydrogen-bond donors (Lipinski definition) is 1. The number of likely N-dealkylation sites (tertiary alicyclic amines) is 1. The number of carbonyl (C=O) groups is 1. The van der Waals surface area contributed by atoms with Gasteiger partial charge in [-0.25, -0.2) is 0 Å². The number of H-pyrrole nitrogens is 1. The number of nitrogens with zero attached hydrogens (tertiary/aromatic N) is 4. The summed E-state index contributed by atoms with van der Waals surface area (Å²) in [6, 6.07) is 10.2. The molecule has 30 heavy (non-hydrogen) atoms. The molecule has 2 aliphatic carbocycles. The number of benzene rings is 1. The van der Waals surface area contributed by atoms with E-state index in [1.807, 2.05) is 23.1 Å². The van der Waals surface area contributed by atoms with Gasteiger partial charge in [-0.2, -0.15) is 10.1 Å². The number of rotatable bonds is 4. The molecule has 1 aliphatic heterocycles. The van der Waals surface area contributed by atoms with Gasteiger partial charge in [0.05, 0.1) is 5.41 Å². The van der Waals surface area contributed by atoms with Gasteiger partial charge in [0.2, 0.25) is 5.89 Å². The Hall–Kier alpha value is -2.96. The summed E-state index contributed by atoms with van der Waals surface area (Å²) in [6.45, 7) is 1.39. The van der Waals surface area contributed by atoms with Crippen LogP contribution in [-0.2, 0) is 24.7 Å². The van der Waals surface area contributed by atoms with Crippen LogP contribution in [0.1, 0.15) is 64.7 Å². The van der Waals surface area contributed by atoms with Crippen molar-refractivity contribution in [2.24, 2.45) is 5.92 Å². The van der Waals surface area contributed by atoms with E-state index in [1.165, 1.54) is 5.56 Å². The second kappa shape index (κ2) is 6.79. The molecule has 2 atom stereocenters. The fourth-order valence-corrected chi connectivity index (χ4v) is 5.75. The average Bonchev–Trinajstić information content (AvgIpc) is 3.52. The minimum Gasteiger partial charge on any atom is -0.339 e. The number of amides is 1. The molecule has 7 nitrogen and oxygen atoms in total. The van der Waals surface area contributed by atoms with E-state index in [4.69, 9.17) is 9.51 Å². The number of aromatic amines is 1. The van der Waals surface area contributed by atoms with Crippen molar-refractivity contribution >= 4 is 5.91 Å². The molecule has 0 radical (unpaired) electrons. The minimum absolute atomic E-state index is 0.0483. The maximum atomic E-state index is 13.3. The lowest BCUT2D eigenvalue weighted by Crippen LogP contribution is -2.35. The van der Waals surface area contributed by atoms with Gasteiger partial charge in [0.15, 0.2) is 11.5 Å². The smallest absolute Gasteiger partial charge is 0.274 e. The van der Waals surface area contributed by atoms with Crippen molar-refractivity contribution in [3.8, 4) is 0 Å². The lowest BCUT2D eigenvalue weighted by atomic mass is 9.80. The van der Waals surface area contributed by atoms with Gasteiger partial charge in [-0.1, -0.05) is 41.9 Å². The zero-order chi connectivity index (χ0) is 20.1. The number of aryl methyl sites for hydroxylation is 1. The molecule has 1 aromatic carbocycles. The Morgan fingerprint density at radius 2 is 2.13 bits per heavy atom. The predicted octanol–water partition coefficient (Wildman–Crippen LogP) is 3.07. The van der Waals surface area contributed by atoms with Gasteiger partial charge in [0, 0.05) is 30.8 Å². The molecule has 3 aromatic rings. The van der Waals surface area contributed by atoms with Crippen molar-refractivity contribution in [1.29, 1.82) is 0 Å². The van der Waals surface area contributed by atoms with Gasteiger partial charge in [0.1, 0.15) is 0 Å². The summed E-state index contributed by atoms with van der Waals surface area (Å²) in [5, 5.41) is 11.7. The molecule has 2 aromatic heterocycles. The minimum atomic E-state index is -0.211. The van der Waals surface area contributed by atoms with Gasteiger partial charge in [-0.15, -0.1) is 0 Å². The summed E-state index contributed by atoms with van der Waals surface area (Å²) in [7, 11) is 0. The first-order valence-corrected chi connectivity index (χ1v) is 11.0. The van der Waals surface area contributed by atoms with E-state index >= 15 is 0 Å². The second-order valence-corrected chi connectivity index (χ2v) is 8.99. The Kier molecular flexibility index (Phi) is 4.04. The molecule has 154 valence electrons. The lowest BCUT2D eigenvalue weighted by Gasteiger charge is -2.24. The lowest BCUT2D eigenvalue weighted by molar-refractivity contribution is 0.0768. The zero-order valence-corrected chi connectivity index (χ0v) is 16.9. The first kappa shape index (κ1) is 17.9.